The molecule has 2 aromatic rings. The molecule has 8 nitrogen and oxygen atoms in total. The largest absolute Gasteiger partial charge is 0.394 e. The van der Waals surface area contributed by atoms with Crippen LogP contribution in [-0.4, -0.2) is 42.7 Å². The minimum atomic E-state index is -3.74. The molecule has 1 aliphatic heterocycles. The van der Waals surface area contributed by atoms with Crippen LogP contribution in [0.4, 0.5) is 11.6 Å². The summed E-state index contributed by atoms with van der Waals surface area (Å²) in [5.41, 5.74) is 2.05. The van der Waals surface area contributed by atoms with Gasteiger partial charge in [-0.3, -0.25) is 0 Å². The maximum Gasteiger partial charge on any atom is 0.238 e. The van der Waals surface area contributed by atoms with Crippen molar-refractivity contribution in [2.45, 2.75) is 50.6 Å². The Morgan fingerprint density at radius 2 is 1.96 bits per heavy atom. The predicted molar refractivity (Wildman–Crippen MR) is 109 cm³/mol. The monoisotopic (exact) mass is 405 g/mol. The number of aliphatic hydroxyl groups excluding tert-OH is 1. The number of fused-ring (bicyclic) bond motifs is 1. The third-order valence-electron chi connectivity index (χ3n) is 4.76. The Bertz CT molecular complexity index is 962. The first kappa shape index (κ1) is 20.5. The van der Waals surface area contributed by atoms with Gasteiger partial charge in [-0.05, 0) is 36.6 Å². The fraction of sp³-hybridized carbons (Fsp3) is 0.474. The highest BCUT2D eigenvalue weighted by molar-refractivity contribution is 7.89. The molecule has 1 aromatic carbocycles. The highest BCUT2D eigenvalue weighted by Crippen LogP contribution is 2.27. The second kappa shape index (κ2) is 8.02. The lowest BCUT2D eigenvalue weighted by Crippen LogP contribution is -2.32. The number of nitrogens with two attached hydrogens (primary N) is 1. The van der Waals surface area contributed by atoms with Crippen LogP contribution in [0, 0.1) is 0 Å². The highest BCUT2D eigenvalue weighted by atomic mass is 32.2. The fourth-order valence-corrected chi connectivity index (χ4v) is 3.72. The van der Waals surface area contributed by atoms with E-state index in [0.29, 0.717) is 18.2 Å². The second-order valence-electron chi connectivity index (χ2n) is 7.50. The highest BCUT2D eigenvalue weighted by Gasteiger charge is 2.21. The summed E-state index contributed by atoms with van der Waals surface area (Å²) in [7, 11) is -3.74. The first-order valence-corrected chi connectivity index (χ1v) is 10.9. The van der Waals surface area contributed by atoms with Gasteiger partial charge in [0, 0.05) is 31.1 Å². The van der Waals surface area contributed by atoms with E-state index < -0.39 is 10.0 Å². The van der Waals surface area contributed by atoms with Crippen molar-refractivity contribution in [3.63, 3.8) is 0 Å². The van der Waals surface area contributed by atoms with Crippen LogP contribution < -0.4 is 15.4 Å². The Kier molecular flexibility index (Phi) is 5.87. The number of anilines is 2. The van der Waals surface area contributed by atoms with Gasteiger partial charge in [0.05, 0.1) is 11.5 Å². The minimum Gasteiger partial charge on any atom is -0.394 e. The van der Waals surface area contributed by atoms with Crippen LogP contribution in [0.25, 0.3) is 0 Å². The van der Waals surface area contributed by atoms with Gasteiger partial charge in [0.1, 0.15) is 17.5 Å². The van der Waals surface area contributed by atoms with E-state index >= 15 is 0 Å². The molecule has 0 saturated heterocycles. The zero-order valence-electron chi connectivity index (χ0n) is 16.4. The van der Waals surface area contributed by atoms with Crippen LogP contribution in [0.15, 0.2) is 29.2 Å². The smallest absolute Gasteiger partial charge is 0.238 e. The lowest BCUT2D eigenvalue weighted by molar-refractivity contribution is 0.281. The lowest BCUT2D eigenvalue weighted by Gasteiger charge is -2.31. The van der Waals surface area contributed by atoms with Gasteiger partial charge in [-0.1, -0.05) is 19.9 Å². The molecule has 0 spiro atoms. The maximum absolute atomic E-state index is 11.7. The number of benzene rings is 1. The van der Waals surface area contributed by atoms with E-state index in [9.17, 15) is 13.5 Å². The molecule has 3 rings (SSSR count). The molecule has 1 atom stereocenters. The van der Waals surface area contributed by atoms with Crippen LogP contribution in [0.5, 0.6) is 0 Å². The second-order valence-corrected chi connectivity index (χ2v) is 9.06. The van der Waals surface area contributed by atoms with Gasteiger partial charge in [0.25, 0.3) is 0 Å². The summed E-state index contributed by atoms with van der Waals surface area (Å²) in [5, 5.41) is 17.8. The Morgan fingerprint density at radius 1 is 1.21 bits per heavy atom. The van der Waals surface area contributed by atoms with E-state index in [4.69, 9.17) is 10.1 Å². The van der Waals surface area contributed by atoms with Crippen molar-refractivity contribution in [3.8, 4) is 0 Å². The summed E-state index contributed by atoms with van der Waals surface area (Å²) < 4.78 is 23.4. The Balaban J connectivity index is 1.94. The van der Waals surface area contributed by atoms with Gasteiger partial charge < -0.3 is 15.3 Å². The summed E-state index contributed by atoms with van der Waals surface area (Å²) >= 11 is 0. The van der Waals surface area contributed by atoms with E-state index in [1.165, 1.54) is 0 Å². The van der Waals surface area contributed by atoms with Gasteiger partial charge in [-0.2, -0.15) is 0 Å². The number of sulfonamides is 1. The number of nitrogens with one attached hydrogen (secondary N) is 1. The van der Waals surface area contributed by atoms with Gasteiger partial charge in [0.15, 0.2) is 0 Å². The molecule has 1 aromatic heterocycles. The number of nitrogens with zero attached hydrogens (tertiary/aromatic N) is 3. The van der Waals surface area contributed by atoms with Gasteiger partial charge in [-0.15, -0.1) is 0 Å². The van der Waals surface area contributed by atoms with Crippen LogP contribution in [-0.2, 0) is 23.0 Å². The number of hydrogen-bond acceptors (Lipinski definition) is 7. The van der Waals surface area contributed by atoms with Crippen molar-refractivity contribution < 1.29 is 13.5 Å². The van der Waals surface area contributed by atoms with Gasteiger partial charge in [0.2, 0.25) is 10.0 Å². The third kappa shape index (κ3) is 4.60. The topological polar surface area (TPSA) is 121 Å². The Labute approximate surface area is 165 Å². The van der Waals surface area contributed by atoms with Gasteiger partial charge in [-0.25, -0.2) is 23.5 Å². The van der Waals surface area contributed by atoms with Crippen LogP contribution in [0.1, 0.15) is 43.6 Å². The summed E-state index contributed by atoms with van der Waals surface area (Å²) in [6.07, 6.45) is 0.789. The fourth-order valence-electron chi connectivity index (χ4n) is 3.15. The molecule has 0 fully saturated rings. The first-order valence-electron chi connectivity index (χ1n) is 9.33. The zero-order valence-corrected chi connectivity index (χ0v) is 17.2. The molecule has 28 heavy (non-hydrogen) atoms. The number of aliphatic hydroxyl groups is 1. The summed E-state index contributed by atoms with van der Waals surface area (Å²) in [6, 6.07) is 6.79. The molecule has 0 saturated carbocycles. The van der Waals surface area contributed by atoms with Crippen LogP contribution >= 0.6 is 0 Å². The van der Waals surface area contributed by atoms with Crippen molar-refractivity contribution in [1.29, 1.82) is 0 Å². The third-order valence-corrected chi connectivity index (χ3v) is 5.67. The quantitative estimate of drug-likeness (QED) is 0.667. The number of rotatable bonds is 6. The summed E-state index contributed by atoms with van der Waals surface area (Å²) in [5.74, 6) is 2.31. The van der Waals surface area contributed by atoms with E-state index in [2.05, 4.69) is 15.2 Å². The van der Waals surface area contributed by atoms with E-state index in [0.717, 1.165) is 29.9 Å². The molecule has 152 valence electrons. The zero-order chi connectivity index (χ0) is 20.5. The van der Waals surface area contributed by atoms with Crippen molar-refractivity contribution in [2.75, 3.05) is 23.4 Å². The Hall–Kier alpha value is -2.23. The standard InChI is InChI=1S/C19H27N5O3S/c1-12(2)19-22-17(21-13(3)11-25)9-18(23-19)24-7-6-14-4-5-16(28(20,26)27)8-15(14)10-24/h4-5,8-9,12-13,25H,6-7,10-11H2,1-3H3,(H2,20,26,27)(H,21,22,23)/t13-/m1/s1. The average Bonchev–Trinajstić information content (AvgIpc) is 2.66. The number of hydrogen-bond donors (Lipinski definition) is 3. The molecular formula is C19H27N5O3S. The Morgan fingerprint density at radius 3 is 2.61 bits per heavy atom. The van der Waals surface area contributed by atoms with Crippen molar-refractivity contribution >= 4 is 21.7 Å². The normalized spacial score (nSPS) is 15.4. The van der Waals surface area contributed by atoms with Crippen LogP contribution in [0.3, 0.4) is 0 Å². The molecule has 9 heteroatoms. The van der Waals surface area contributed by atoms with E-state index in [-0.39, 0.29) is 23.5 Å². The van der Waals surface area contributed by atoms with Crippen molar-refractivity contribution in [1.82, 2.24) is 9.97 Å². The molecule has 2 heterocycles. The maximum atomic E-state index is 11.7. The summed E-state index contributed by atoms with van der Waals surface area (Å²) in [6.45, 7) is 7.25. The van der Waals surface area contributed by atoms with Crippen LogP contribution in [0.2, 0.25) is 0 Å². The molecule has 1 aliphatic rings. The van der Waals surface area contributed by atoms with E-state index in [1.807, 2.05) is 32.9 Å². The molecule has 0 radical (unpaired) electrons. The first-order chi connectivity index (χ1) is 13.2. The molecule has 0 aliphatic carbocycles. The van der Waals surface area contributed by atoms with Crippen molar-refractivity contribution in [2.24, 2.45) is 5.14 Å². The minimum absolute atomic E-state index is 0.00375. The molecule has 0 amide bonds. The van der Waals surface area contributed by atoms with E-state index in [1.54, 1.807) is 12.1 Å². The predicted octanol–water partition coefficient (Wildman–Crippen LogP) is 1.60. The average molecular weight is 406 g/mol. The van der Waals surface area contributed by atoms with Gasteiger partial charge >= 0.3 is 0 Å². The number of aromatic nitrogens is 2. The lowest BCUT2D eigenvalue weighted by atomic mass is 10.00. The SMILES string of the molecule is CC(C)c1nc(N[C@H](C)CO)cc(N2CCc3ccc(S(N)(=O)=O)cc3C2)n1. The molecular weight excluding hydrogens is 378 g/mol. The summed E-state index contributed by atoms with van der Waals surface area (Å²) in [4.78, 5) is 11.5. The van der Waals surface area contributed by atoms with Crippen molar-refractivity contribution in [3.05, 3.63) is 41.2 Å². The number of primary sulfonamides is 1. The molecule has 0 bridgehead atoms. The molecule has 0 unspecified atom stereocenters. The molecule has 4 N–H and O–H groups in total.